The second-order valence-electron chi connectivity index (χ2n) is 0.679. The first-order valence-electron chi connectivity index (χ1n) is 1.46. The van der Waals surface area contributed by atoms with Gasteiger partial charge >= 0.3 is 38.8 Å². The second-order valence-corrected chi connectivity index (χ2v) is 1.62. The van der Waals surface area contributed by atoms with E-state index in [4.69, 9.17) is 0 Å². The summed E-state index contributed by atoms with van der Waals surface area (Å²) in [5.74, 6) is 0. The Morgan fingerprint density at radius 1 is 1.80 bits per heavy atom. The van der Waals surface area contributed by atoms with Gasteiger partial charge in [-0.1, -0.05) is 0 Å². The van der Waals surface area contributed by atoms with E-state index in [1.165, 1.54) is 0 Å². The second kappa shape index (κ2) is 4.19. The molecule has 0 radical (unpaired) electrons. The van der Waals surface area contributed by atoms with Crippen molar-refractivity contribution in [2.45, 2.75) is 11.7 Å². The Hall–Kier alpha value is 0.189. The maximum absolute atomic E-state index is 9.39. The van der Waals surface area contributed by atoms with E-state index < -0.39 is 0 Å². The molecular weight excluding hydrogens is 131 g/mol. The molecule has 1 nitrogen and oxygen atoms in total. The van der Waals surface area contributed by atoms with Gasteiger partial charge in [0.15, 0.2) is 0 Å². The molecule has 0 amide bonds. The first-order valence-corrected chi connectivity index (χ1v) is 2.79. The molecule has 2 heteroatoms. The fourth-order valence-electron chi connectivity index (χ4n) is 0.0527. The Bertz CT molecular complexity index is 28.1. The van der Waals surface area contributed by atoms with Gasteiger partial charge in [-0.15, -0.1) is 0 Å². The van der Waals surface area contributed by atoms with Crippen LogP contribution in [0.1, 0.15) is 6.42 Å². The van der Waals surface area contributed by atoms with Crippen LogP contribution in [0, 0.1) is 0 Å². The van der Waals surface area contributed by atoms with Crippen molar-refractivity contribution in [2.75, 3.05) is 0 Å². The molecule has 0 bridgehead atoms. The van der Waals surface area contributed by atoms with Crippen LogP contribution in [-0.2, 0) is 4.79 Å². The summed E-state index contributed by atoms with van der Waals surface area (Å²) in [6.07, 6.45) is 1.60. The number of aldehydes is 1. The fourth-order valence-corrected chi connectivity index (χ4v) is 0.274. The molecule has 0 unspecified atom stereocenters. The average Bonchev–Trinajstić information content (AvgIpc) is 1.41. The van der Waals surface area contributed by atoms with E-state index in [1.807, 2.05) is 0 Å². The summed E-state index contributed by atoms with van der Waals surface area (Å²) >= 11 is 2.35. The molecule has 0 fully saturated rings. The van der Waals surface area contributed by atoms with Crippen LogP contribution in [0.4, 0.5) is 0 Å². The predicted octanol–water partition coefficient (Wildman–Crippen LogP) is -0.106. The summed E-state index contributed by atoms with van der Waals surface area (Å²) < 4.78 is 0. The summed E-state index contributed by atoms with van der Waals surface area (Å²) in [6.45, 7) is 0. The van der Waals surface area contributed by atoms with Crippen molar-refractivity contribution < 1.29 is 4.79 Å². The van der Waals surface area contributed by atoms with Crippen molar-refractivity contribution in [3.63, 3.8) is 0 Å². The zero-order valence-corrected chi connectivity index (χ0v) is 4.72. The third kappa shape index (κ3) is 4.19. The van der Waals surface area contributed by atoms with E-state index in [-0.39, 0.29) is 0 Å². The molecule has 0 saturated carbocycles. The molecule has 5 heavy (non-hydrogen) atoms. The first-order chi connectivity index (χ1) is 2.41. The van der Waals surface area contributed by atoms with Gasteiger partial charge in [-0.05, 0) is 0 Å². The van der Waals surface area contributed by atoms with Gasteiger partial charge in [-0.2, -0.15) is 0 Å². The van der Waals surface area contributed by atoms with Crippen molar-refractivity contribution >= 4 is 22.3 Å². The Morgan fingerprint density at radius 3 is 2.40 bits per heavy atom. The predicted molar refractivity (Wildman–Crippen MR) is 22.6 cm³/mol. The molecule has 0 rings (SSSR count). The van der Waals surface area contributed by atoms with E-state index in [0.717, 1.165) is 11.6 Å². The molecule has 0 N–H and O–H groups in total. The van der Waals surface area contributed by atoms with Crippen molar-refractivity contribution in [1.29, 1.82) is 0 Å². The minimum absolute atomic E-state index is 0.681. The zero-order chi connectivity index (χ0) is 4.12. The molecule has 0 heterocycles. The summed E-state index contributed by atoms with van der Waals surface area (Å²) in [7, 11) is 0. The van der Waals surface area contributed by atoms with Crippen LogP contribution in [-0.4, -0.2) is 22.3 Å². The molecule has 0 aromatic heterocycles. The van der Waals surface area contributed by atoms with Gasteiger partial charge in [0.25, 0.3) is 0 Å². The SMILES string of the molecule is O=CCC[SeH]. The maximum atomic E-state index is 9.39. The molecule has 0 aromatic rings. The van der Waals surface area contributed by atoms with Gasteiger partial charge in [-0.3, -0.25) is 0 Å². The van der Waals surface area contributed by atoms with Crippen LogP contribution in [0.2, 0.25) is 5.32 Å². The van der Waals surface area contributed by atoms with Crippen LogP contribution in [0.5, 0.6) is 0 Å². The van der Waals surface area contributed by atoms with E-state index in [9.17, 15) is 4.79 Å². The van der Waals surface area contributed by atoms with Crippen LogP contribution in [0.15, 0.2) is 0 Å². The Labute approximate surface area is 39.6 Å². The summed E-state index contributed by atoms with van der Waals surface area (Å²) in [5, 5.41) is 0.913. The van der Waals surface area contributed by atoms with E-state index >= 15 is 0 Å². The van der Waals surface area contributed by atoms with Crippen molar-refractivity contribution in [1.82, 2.24) is 0 Å². The first kappa shape index (κ1) is 5.19. The third-order valence-electron chi connectivity index (χ3n) is 0.247. The van der Waals surface area contributed by atoms with Crippen molar-refractivity contribution in [3.8, 4) is 0 Å². The number of carbonyl (C=O) groups is 1. The van der Waals surface area contributed by atoms with Gasteiger partial charge in [0.1, 0.15) is 0 Å². The number of hydrogen-bond donors (Lipinski definition) is 0. The molecule has 0 saturated heterocycles. The van der Waals surface area contributed by atoms with Gasteiger partial charge in [0.2, 0.25) is 0 Å². The molecule has 0 aliphatic heterocycles. The Morgan fingerprint density at radius 2 is 2.40 bits per heavy atom. The van der Waals surface area contributed by atoms with E-state index in [0.29, 0.717) is 6.42 Å². The Balaban J connectivity index is 2.40. The third-order valence-corrected chi connectivity index (χ3v) is 0.789. The topological polar surface area (TPSA) is 17.1 Å². The van der Waals surface area contributed by atoms with Crippen LogP contribution in [0.3, 0.4) is 0 Å². The van der Waals surface area contributed by atoms with Gasteiger partial charge < -0.3 is 0 Å². The molecule has 0 atom stereocenters. The van der Waals surface area contributed by atoms with Crippen LogP contribution in [0.25, 0.3) is 0 Å². The monoisotopic (exact) mass is 138 g/mol. The molecule has 0 aliphatic rings. The quantitative estimate of drug-likeness (QED) is 0.383. The van der Waals surface area contributed by atoms with Crippen LogP contribution >= 0.6 is 0 Å². The van der Waals surface area contributed by atoms with Crippen molar-refractivity contribution in [3.05, 3.63) is 0 Å². The summed E-state index contributed by atoms with van der Waals surface area (Å²) in [5.41, 5.74) is 0. The molecule has 0 aromatic carbocycles. The molecule has 30 valence electrons. The average molecular weight is 137 g/mol. The standard InChI is InChI=1S/C3H6OSe/c4-2-1-3-5/h2,5H,1,3H2. The number of carbonyl (C=O) groups excluding carboxylic acids is 1. The normalized spacial score (nSPS) is 7.40. The van der Waals surface area contributed by atoms with Gasteiger partial charge in [0, 0.05) is 0 Å². The minimum atomic E-state index is 0.681. The molecule has 0 spiro atoms. The summed E-state index contributed by atoms with van der Waals surface area (Å²) in [6, 6.07) is 0. The van der Waals surface area contributed by atoms with Gasteiger partial charge in [0.05, 0.1) is 0 Å². The van der Waals surface area contributed by atoms with Crippen molar-refractivity contribution in [2.24, 2.45) is 0 Å². The fraction of sp³-hybridized carbons (Fsp3) is 0.667. The number of rotatable bonds is 2. The zero-order valence-electron chi connectivity index (χ0n) is 2.85. The number of hydrogen-bond acceptors (Lipinski definition) is 1. The molecule has 0 aliphatic carbocycles. The Kier molecular flexibility index (Phi) is 4.35. The van der Waals surface area contributed by atoms with Crippen LogP contribution < -0.4 is 0 Å². The van der Waals surface area contributed by atoms with Gasteiger partial charge in [-0.25, -0.2) is 0 Å². The van der Waals surface area contributed by atoms with E-state index in [1.54, 1.807) is 0 Å². The summed E-state index contributed by atoms with van der Waals surface area (Å²) in [4.78, 5) is 9.39. The molecular formula is C3H6OSe. The van der Waals surface area contributed by atoms with E-state index in [2.05, 4.69) is 16.0 Å².